The van der Waals surface area contributed by atoms with Crippen LogP contribution in [0, 0.1) is 11.3 Å². The smallest absolute Gasteiger partial charge is 0.338 e. The SMILES string of the molecule is COC(=O)C1C(OC(=O)c2ccccc2)C[C@H]2CC[C@H]1N2C.N=C=S.[Cr]. The Bertz CT molecular complexity index is 652. The predicted octanol–water partition coefficient (Wildman–Crippen LogP) is 2.53. The van der Waals surface area contributed by atoms with Gasteiger partial charge < -0.3 is 9.47 Å². The molecule has 1 N–H and O–H groups in total. The van der Waals surface area contributed by atoms with Gasteiger partial charge >= 0.3 is 11.9 Å². The first kappa shape index (κ1) is 22.5. The average molecular weight is 414 g/mol. The van der Waals surface area contributed by atoms with E-state index in [0.717, 1.165) is 12.8 Å². The second kappa shape index (κ2) is 10.6. The summed E-state index contributed by atoms with van der Waals surface area (Å²) in [5.74, 6) is -1.06. The largest absolute Gasteiger partial charge is 0.469 e. The third-order valence-electron chi connectivity index (χ3n) is 4.96. The minimum Gasteiger partial charge on any atom is -0.469 e. The molecule has 2 bridgehead atoms. The number of methoxy groups -OCH3 is 1. The molecule has 2 fully saturated rings. The molecule has 0 radical (unpaired) electrons. The average Bonchev–Trinajstić information content (AvgIpc) is 2.86. The summed E-state index contributed by atoms with van der Waals surface area (Å²) in [4.78, 5) is 26.7. The first-order chi connectivity index (χ1) is 12.0. The number of fused-ring (bicyclic) bond motifs is 2. The Morgan fingerprint density at radius 3 is 2.46 bits per heavy atom. The molecule has 2 aliphatic rings. The summed E-state index contributed by atoms with van der Waals surface area (Å²) in [6, 6.07) is 9.36. The molecule has 2 saturated heterocycles. The second-order valence-electron chi connectivity index (χ2n) is 6.16. The quantitative estimate of drug-likeness (QED) is 0.465. The van der Waals surface area contributed by atoms with E-state index in [0.29, 0.717) is 18.0 Å². The molecule has 0 spiro atoms. The van der Waals surface area contributed by atoms with Crippen LogP contribution in [0.2, 0.25) is 0 Å². The van der Waals surface area contributed by atoms with Crippen LogP contribution in [0.3, 0.4) is 0 Å². The Kier molecular flexibility index (Phi) is 9.14. The van der Waals surface area contributed by atoms with Crippen molar-refractivity contribution in [3.63, 3.8) is 0 Å². The molecule has 2 heterocycles. The number of nitrogens with one attached hydrogen (secondary N) is 1. The van der Waals surface area contributed by atoms with Gasteiger partial charge in [0.15, 0.2) is 0 Å². The number of piperidine rings is 1. The summed E-state index contributed by atoms with van der Waals surface area (Å²) in [5, 5.41) is 7.36. The Hall–Kier alpha value is -1.55. The molecule has 0 amide bonds. The molecule has 140 valence electrons. The van der Waals surface area contributed by atoms with Crippen LogP contribution >= 0.6 is 12.2 Å². The summed E-state index contributed by atoms with van der Waals surface area (Å²) in [7, 11) is 3.42. The van der Waals surface area contributed by atoms with Gasteiger partial charge in [-0.25, -0.2) is 10.2 Å². The normalized spacial score (nSPS) is 26.4. The van der Waals surface area contributed by atoms with E-state index >= 15 is 0 Å². The zero-order valence-corrected chi connectivity index (χ0v) is 16.8. The Balaban J connectivity index is 0.000000791. The molecule has 1 aromatic rings. The summed E-state index contributed by atoms with van der Waals surface area (Å²) in [6.07, 6.45) is 2.26. The number of hydrogen-bond acceptors (Lipinski definition) is 7. The van der Waals surface area contributed by atoms with Crippen molar-refractivity contribution < 1.29 is 36.4 Å². The van der Waals surface area contributed by atoms with E-state index in [1.807, 2.05) is 13.1 Å². The molecule has 4 atom stereocenters. The number of rotatable bonds is 3. The Morgan fingerprint density at radius 2 is 1.88 bits per heavy atom. The van der Waals surface area contributed by atoms with Crippen molar-refractivity contribution in [1.82, 2.24) is 4.90 Å². The van der Waals surface area contributed by atoms with Gasteiger partial charge in [0.25, 0.3) is 0 Å². The maximum absolute atomic E-state index is 12.3. The number of carbonyl (C=O) groups is 2. The molecule has 1 aromatic carbocycles. The van der Waals surface area contributed by atoms with E-state index < -0.39 is 12.0 Å². The third kappa shape index (κ3) is 5.00. The number of nitrogens with zero attached hydrogens (tertiary/aromatic N) is 1. The van der Waals surface area contributed by atoms with Crippen molar-refractivity contribution in [3.05, 3.63) is 35.9 Å². The van der Waals surface area contributed by atoms with Gasteiger partial charge in [-0.3, -0.25) is 9.69 Å². The maximum atomic E-state index is 12.3. The van der Waals surface area contributed by atoms with Gasteiger partial charge in [-0.1, -0.05) is 18.2 Å². The molecule has 26 heavy (non-hydrogen) atoms. The van der Waals surface area contributed by atoms with Gasteiger partial charge in [0.1, 0.15) is 12.0 Å². The molecule has 2 aliphatic heterocycles. The number of hydrogen-bond donors (Lipinski definition) is 1. The Morgan fingerprint density at radius 1 is 1.27 bits per heavy atom. The van der Waals surface area contributed by atoms with Gasteiger partial charge in [0.2, 0.25) is 0 Å². The van der Waals surface area contributed by atoms with Gasteiger partial charge in [0.05, 0.1) is 17.8 Å². The van der Waals surface area contributed by atoms with E-state index in [2.05, 4.69) is 17.1 Å². The molecule has 3 rings (SSSR count). The van der Waals surface area contributed by atoms with Crippen molar-refractivity contribution in [2.75, 3.05) is 14.2 Å². The van der Waals surface area contributed by atoms with Gasteiger partial charge in [0, 0.05) is 35.9 Å². The van der Waals surface area contributed by atoms with Crippen molar-refractivity contribution >= 4 is 29.3 Å². The molecule has 6 nitrogen and oxygen atoms in total. The van der Waals surface area contributed by atoms with Gasteiger partial charge in [-0.15, -0.1) is 0 Å². The summed E-state index contributed by atoms with van der Waals surface area (Å²) in [5.41, 5.74) is 0.511. The Labute approximate surface area is 169 Å². The number of isothiocyanates is 1. The number of ether oxygens (including phenoxy) is 2. The van der Waals surface area contributed by atoms with Crippen molar-refractivity contribution in [2.45, 2.75) is 37.5 Å². The standard InChI is InChI=1S/C17H21NO4.CHNS.Cr/c1-18-12-8-9-13(18)15(17(20)21-2)14(10-12)22-16(19)11-6-4-3-5-7-11;2-1-3;/h3-7,12-15H,8-10H2,1-2H3;2H;/t12-,13-,14?,15?;;/m1../s1. The first-order valence-electron chi connectivity index (χ1n) is 8.13. The van der Waals surface area contributed by atoms with Gasteiger partial charge in [-0.05, 0) is 44.2 Å². The van der Waals surface area contributed by atoms with Crippen LogP contribution in [0.25, 0.3) is 0 Å². The number of carbonyl (C=O) groups excluding carboxylic acids is 2. The van der Waals surface area contributed by atoms with E-state index in [1.165, 1.54) is 7.11 Å². The zero-order chi connectivity index (χ0) is 18.4. The molecular formula is C18H22CrN2O4S. The van der Waals surface area contributed by atoms with E-state index in [4.69, 9.17) is 14.9 Å². The molecule has 0 aromatic heterocycles. The van der Waals surface area contributed by atoms with Crippen LogP contribution in [0.1, 0.15) is 29.6 Å². The van der Waals surface area contributed by atoms with Gasteiger partial charge in [-0.2, -0.15) is 0 Å². The monoisotopic (exact) mass is 414 g/mol. The van der Waals surface area contributed by atoms with E-state index in [1.54, 1.807) is 29.4 Å². The molecule has 8 heteroatoms. The second-order valence-corrected chi connectivity index (χ2v) is 6.36. The van der Waals surface area contributed by atoms with Crippen LogP contribution in [0.4, 0.5) is 0 Å². The molecule has 0 saturated carbocycles. The van der Waals surface area contributed by atoms with Crippen LogP contribution in [0.15, 0.2) is 30.3 Å². The van der Waals surface area contributed by atoms with E-state index in [-0.39, 0.29) is 35.3 Å². The third-order valence-corrected chi connectivity index (χ3v) is 4.96. The van der Waals surface area contributed by atoms with Crippen LogP contribution in [-0.4, -0.2) is 54.3 Å². The summed E-state index contributed by atoms with van der Waals surface area (Å²) < 4.78 is 10.6. The van der Waals surface area contributed by atoms with Crippen LogP contribution in [-0.2, 0) is 31.6 Å². The van der Waals surface area contributed by atoms with Crippen LogP contribution < -0.4 is 0 Å². The minimum absolute atomic E-state index is 0. The van der Waals surface area contributed by atoms with Crippen LogP contribution in [0.5, 0.6) is 0 Å². The van der Waals surface area contributed by atoms with Crippen molar-refractivity contribution in [3.8, 4) is 0 Å². The van der Waals surface area contributed by atoms with Crippen molar-refractivity contribution in [1.29, 1.82) is 5.41 Å². The maximum Gasteiger partial charge on any atom is 0.338 e. The summed E-state index contributed by atoms with van der Waals surface area (Å²) >= 11 is 3.81. The number of benzene rings is 1. The molecule has 2 unspecified atom stereocenters. The van der Waals surface area contributed by atoms with Crippen molar-refractivity contribution in [2.24, 2.45) is 5.92 Å². The topological polar surface area (TPSA) is 79.7 Å². The zero-order valence-electron chi connectivity index (χ0n) is 14.7. The predicted molar refractivity (Wildman–Crippen MR) is 95.7 cm³/mol. The number of esters is 2. The summed E-state index contributed by atoms with van der Waals surface area (Å²) in [6.45, 7) is 0. The number of thiocarbonyl (C=S) groups is 1. The van der Waals surface area contributed by atoms with E-state index in [9.17, 15) is 9.59 Å². The molecule has 0 aliphatic carbocycles. The minimum atomic E-state index is -0.408. The first-order valence-corrected chi connectivity index (χ1v) is 8.54. The fourth-order valence-corrected chi connectivity index (χ4v) is 3.77. The molecular weight excluding hydrogens is 392 g/mol. The fourth-order valence-electron chi connectivity index (χ4n) is 3.77. The fraction of sp³-hybridized carbons (Fsp3) is 0.500.